The topological polar surface area (TPSA) is 113 Å². The second kappa shape index (κ2) is 8.87. The largest absolute Gasteiger partial charge is 0.508 e. The van der Waals surface area contributed by atoms with Crippen molar-refractivity contribution < 1.29 is 23.1 Å². The van der Waals surface area contributed by atoms with Crippen LogP contribution in [0.3, 0.4) is 0 Å². The average Bonchev–Trinajstić information content (AvgIpc) is 2.77. The van der Waals surface area contributed by atoms with Gasteiger partial charge in [-0.25, -0.2) is 18.2 Å². The summed E-state index contributed by atoms with van der Waals surface area (Å²) in [5, 5.41) is 15.0. The number of anilines is 4. The van der Waals surface area contributed by atoms with Gasteiger partial charge in [0.15, 0.2) is 0 Å². The second-order valence-electron chi connectivity index (χ2n) is 6.94. The lowest BCUT2D eigenvalue weighted by Crippen LogP contribution is -2.15. The summed E-state index contributed by atoms with van der Waals surface area (Å²) in [6.45, 7) is 0. The maximum atomic E-state index is 14.4. The number of rotatable bonds is 6. The Balaban J connectivity index is 1.67. The van der Waals surface area contributed by atoms with E-state index in [-0.39, 0.29) is 34.3 Å². The van der Waals surface area contributed by atoms with E-state index in [4.69, 9.17) is 5.73 Å². The van der Waals surface area contributed by atoms with Gasteiger partial charge in [-0.3, -0.25) is 4.79 Å². The predicted octanol–water partition coefficient (Wildman–Crippen LogP) is 4.85. The molecule has 0 bridgehead atoms. The summed E-state index contributed by atoms with van der Waals surface area (Å²) < 4.78 is 41.8. The number of aromatic nitrogens is 2. The van der Waals surface area contributed by atoms with Crippen LogP contribution in [0.25, 0.3) is 11.1 Å². The summed E-state index contributed by atoms with van der Waals surface area (Å²) in [5.74, 6) is -2.96. The Morgan fingerprint density at radius 3 is 2.36 bits per heavy atom. The maximum absolute atomic E-state index is 14.4. The smallest absolute Gasteiger partial charge is 0.254 e. The van der Waals surface area contributed by atoms with Gasteiger partial charge < -0.3 is 21.5 Å². The third-order valence-electron chi connectivity index (χ3n) is 4.64. The van der Waals surface area contributed by atoms with Crippen LogP contribution in [0.5, 0.6) is 5.75 Å². The standard InChI is InChI=1S/C23H16F3N5O2/c24-13-2-7-16(19(26)10-13)12-1-8-18(25)20(9-12)30-23-28-11-17(21(27)33)22(31-23)29-14-3-5-15(32)6-4-14/h1-11,32H,(H2,27,33)(H2,28,29,30,31). The van der Waals surface area contributed by atoms with Crippen LogP contribution in [0.2, 0.25) is 0 Å². The first-order valence-electron chi connectivity index (χ1n) is 9.55. The van der Waals surface area contributed by atoms with E-state index < -0.39 is 23.4 Å². The highest BCUT2D eigenvalue weighted by Gasteiger charge is 2.15. The Morgan fingerprint density at radius 2 is 1.67 bits per heavy atom. The monoisotopic (exact) mass is 451 g/mol. The number of hydrogen-bond acceptors (Lipinski definition) is 6. The van der Waals surface area contributed by atoms with Gasteiger partial charge >= 0.3 is 0 Å². The number of amides is 1. The summed E-state index contributed by atoms with van der Waals surface area (Å²) in [6.07, 6.45) is 1.17. The van der Waals surface area contributed by atoms with Crippen molar-refractivity contribution in [3.05, 3.63) is 89.9 Å². The number of halogens is 3. The molecule has 0 fully saturated rings. The fourth-order valence-electron chi connectivity index (χ4n) is 3.03. The fraction of sp³-hybridized carbons (Fsp3) is 0. The van der Waals surface area contributed by atoms with Crippen LogP contribution in [0.15, 0.2) is 66.9 Å². The zero-order chi connectivity index (χ0) is 23.5. The lowest BCUT2D eigenvalue weighted by atomic mass is 10.0. The molecule has 1 amide bonds. The summed E-state index contributed by atoms with van der Waals surface area (Å²) >= 11 is 0. The molecular formula is C23H16F3N5O2. The number of nitrogens with two attached hydrogens (primary N) is 1. The van der Waals surface area contributed by atoms with Gasteiger partial charge in [0.1, 0.15) is 34.6 Å². The molecule has 0 aliphatic rings. The summed E-state index contributed by atoms with van der Waals surface area (Å²) in [5.41, 5.74) is 6.18. The maximum Gasteiger partial charge on any atom is 0.254 e. The van der Waals surface area contributed by atoms with E-state index in [9.17, 15) is 23.1 Å². The second-order valence-corrected chi connectivity index (χ2v) is 6.94. The Kier molecular flexibility index (Phi) is 5.81. The molecule has 0 spiro atoms. The molecule has 0 radical (unpaired) electrons. The van der Waals surface area contributed by atoms with Crippen molar-refractivity contribution in [2.24, 2.45) is 5.73 Å². The van der Waals surface area contributed by atoms with Crippen molar-refractivity contribution in [1.29, 1.82) is 0 Å². The predicted molar refractivity (Wildman–Crippen MR) is 117 cm³/mol. The van der Waals surface area contributed by atoms with E-state index >= 15 is 0 Å². The van der Waals surface area contributed by atoms with Crippen molar-refractivity contribution in [3.63, 3.8) is 0 Å². The van der Waals surface area contributed by atoms with E-state index in [2.05, 4.69) is 20.6 Å². The number of nitrogens with zero attached hydrogens (tertiary/aromatic N) is 2. The third-order valence-corrected chi connectivity index (χ3v) is 4.64. The molecule has 0 aliphatic heterocycles. The van der Waals surface area contributed by atoms with Crippen LogP contribution in [0.1, 0.15) is 10.4 Å². The van der Waals surface area contributed by atoms with Crippen LogP contribution in [-0.4, -0.2) is 21.0 Å². The number of nitrogens with one attached hydrogen (secondary N) is 2. The molecule has 7 nitrogen and oxygen atoms in total. The minimum Gasteiger partial charge on any atom is -0.508 e. The normalized spacial score (nSPS) is 10.6. The van der Waals surface area contributed by atoms with Crippen LogP contribution in [0.4, 0.5) is 36.3 Å². The number of benzene rings is 3. The first-order chi connectivity index (χ1) is 15.8. The summed E-state index contributed by atoms with van der Waals surface area (Å²) in [7, 11) is 0. The number of hydrogen-bond donors (Lipinski definition) is 4. The highest BCUT2D eigenvalue weighted by atomic mass is 19.1. The lowest BCUT2D eigenvalue weighted by Gasteiger charge is -2.13. The van der Waals surface area contributed by atoms with E-state index in [0.717, 1.165) is 18.2 Å². The quantitative estimate of drug-likeness (QED) is 0.312. The van der Waals surface area contributed by atoms with Gasteiger partial charge in [0.05, 0.1) is 5.69 Å². The first-order valence-corrected chi connectivity index (χ1v) is 9.55. The van der Waals surface area contributed by atoms with Crippen molar-refractivity contribution in [1.82, 2.24) is 9.97 Å². The van der Waals surface area contributed by atoms with Crippen molar-refractivity contribution in [2.45, 2.75) is 0 Å². The van der Waals surface area contributed by atoms with E-state index in [1.165, 1.54) is 36.5 Å². The van der Waals surface area contributed by atoms with Crippen molar-refractivity contribution in [2.75, 3.05) is 10.6 Å². The van der Waals surface area contributed by atoms with E-state index in [0.29, 0.717) is 11.3 Å². The molecule has 0 aliphatic carbocycles. The van der Waals surface area contributed by atoms with Gasteiger partial charge in [0.2, 0.25) is 5.95 Å². The molecule has 33 heavy (non-hydrogen) atoms. The number of carbonyl (C=O) groups is 1. The number of phenolic OH excluding ortho intramolecular Hbond substituents is 1. The van der Waals surface area contributed by atoms with Gasteiger partial charge in [-0.2, -0.15) is 4.98 Å². The van der Waals surface area contributed by atoms with Gasteiger partial charge in [-0.1, -0.05) is 6.07 Å². The van der Waals surface area contributed by atoms with Gasteiger partial charge in [-0.05, 0) is 54.1 Å². The third kappa shape index (κ3) is 4.85. The Labute approximate surface area is 185 Å². The number of phenols is 1. The van der Waals surface area contributed by atoms with Crippen molar-refractivity contribution in [3.8, 4) is 16.9 Å². The SMILES string of the molecule is NC(=O)c1cnc(Nc2cc(-c3ccc(F)cc3F)ccc2F)nc1Nc1ccc(O)cc1. The zero-order valence-corrected chi connectivity index (χ0v) is 16.8. The van der Waals surface area contributed by atoms with E-state index in [1.807, 2.05) is 0 Å². The molecule has 5 N–H and O–H groups in total. The van der Waals surface area contributed by atoms with Gasteiger partial charge in [0.25, 0.3) is 5.91 Å². The van der Waals surface area contributed by atoms with Gasteiger partial charge in [-0.15, -0.1) is 0 Å². The molecule has 4 rings (SSSR count). The molecule has 1 aromatic heterocycles. The Morgan fingerprint density at radius 1 is 0.909 bits per heavy atom. The fourth-order valence-corrected chi connectivity index (χ4v) is 3.03. The van der Waals surface area contributed by atoms with Gasteiger partial charge in [0, 0.05) is 23.5 Å². The van der Waals surface area contributed by atoms with Crippen LogP contribution in [0, 0.1) is 17.5 Å². The molecular weight excluding hydrogens is 435 g/mol. The zero-order valence-electron chi connectivity index (χ0n) is 16.8. The molecule has 3 aromatic carbocycles. The Bertz CT molecular complexity index is 1350. The van der Waals surface area contributed by atoms with E-state index in [1.54, 1.807) is 12.1 Å². The minimum absolute atomic E-state index is 0.0174. The summed E-state index contributed by atoms with van der Waals surface area (Å²) in [6, 6.07) is 12.8. The Hall–Kier alpha value is -4.60. The molecule has 1 heterocycles. The molecule has 4 aromatic rings. The summed E-state index contributed by atoms with van der Waals surface area (Å²) in [4.78, 5) is 20.0. The minimum atomic E-state index is -0.796. The van der Waals surface area contributed by atoms with Crippen LogP contribution < -0.4 is 16.4 Å². The number of carbonyl (C=O) groups excluding carboxylic acids is 1. The lowest BCUT2D eigenvalue weighted by molar-refractivity contribution is 0.100. The van der Waals surface area contributed by atoms with Crippen molar-refractivity contribution >= 4 is 29.0 Å². The molecule has 0 atom stereocenters. The molecule has 0 unspecified atom stereocenters. The van der Waals surface area contributed by atoms with Crippen LogP contribution in [-0.2, 0) is 0 Å². The first kappa shape index (κ1) is 21.6. The highest BCUT2D eigenvalue weighted by Crippen LogP contribution is 2.29. The molecule has 0 saturated carbocycles. The highest BCUT2D eigenvalue weighted by molar-refractivity contribution is 5.98. The number of aromatic hydroxyl groups is 1. The molecule has 166 valence electrons. The van der Waals surface area contributed by atoms with Crippen LogP contribution >= 0.6 is 0 Å². The number of primary amides is 1. The average molecular weight is 451 g/mol. The molecule has 10 heteroatoms. The molecule has 0 saturated heterocycles.